The zero-order chi connectivity index (χ0) is 29.7. The lowest BCUT2D eigenvalue weighted by molar-refractivity contribution is -0.0227. The van der Waals surface area contributed by atoms with Gasteiger partial charge in [-0.3, -0.25) is 0 Å². The molecular formula is C29H51BO11. The minimum Gasteiger partial charge on any atom is -0.491 e. The number of hydrogen-bond acceptors (Lipinski definition) is 11. The van der Waals surface area contributed by atoms with Crippen LogP contribution < -0.4 is 10.2 Å². The molecule has 0 spiro atoms. The Hall–Kier alpha value is -1.32. The van der Waals surface area contributed by atoms with E-state index in [1.165, 1.54) is 0 Å². The fourth-order valence-corrected chi connectivity index (χ4v) is 3.48. The lowest BCUT2D eigenvalue weighted by atomic mass is 9.79. The van der Waals surface area contributed by atoms with Crippen molar-refractivity contribution in [1.82, 2.24) is 0 Å². The van der Waals surface area contributed by atoms with Gasteiger partial charge >= 0.3 is 7.12 Å². The molecule has 1 saturated heterocycles. The van der Waals surface area contributed by atoms with Gasteiger partial charge in [-0.1, -0.05) is 12.1 Å². The van der Waals surface area contributed by atoms with Crippen LogP contribution in [0.1, 0.15) is 27.7 Å². The molecule has 0 radical (unpaired) electrons. The van der Waals surface area contributed by atoms with Crippen LogP contribution in [0, 0.1) is 0 Å². The van der Waals surface area contributed by atoms with Crippen molar-refractivity contribution in [2.45, 2.75) is 38.9 Å². The molecule has 0 unspecified atom stereocenters. The summed E-state index contributed by atoms with van der Waals surface area (Å²) in [5, 5.41) is 0. The second-order valence-electron chi connectivity index (χ2n) is 10.3. The van der Waals surface area contributed by atoms with E-state index in [1.54, 1.807) is 7.11 Å². The van der Waals surface area contributed by atoms with Crippen molar-refractivity contribution in [2.75, 3.05) is 113 Å². The third kappa shape index (κ3) is 15.6. The topological polar surface area (TPSA) is 102 Å². The Morgan fingerprint density at radius 2 is 0.805 bits per heavy atom. The van der Waals surface area contributed by atoms with Crippen LogP contribution in [-0.2, 0) is 47.2 Å². The van der Waals surface area contributed by atoms with Crippen molar-refractivity contribution < 1.29 is 51.9 Å². The van der Waals surface area contributed by atoms with Crippen molar-refractivity contribution in [3.05, 3.63) is 24.3 Å². The van der Waals surface area contributed by atoms with Crippen LogP contribution in [0.25, 0.3) is 0 Å². The highest BCUT2D eigenvalue weighted by molar-refractivity contribution is 6.62. The van der Waals surface area contributed by atoms with Crippen LogP contribution in [0.3, 0.4) is 0 Å². The molecule has 0 aliphatic carbocycles. The lowest BCUT2D eigenvalue weighted by Crippen LogP contribution is -2.41. The van der Waals surface area contributed by atoms with Crippen LogP contribution in [-0.4, -0.2) is 131 Å². The molecule has 1 fully saturated rings. The maximum Gasteiger partial charge on any atom is 0.494 e. The van der Waals surface area contributed by atoms with E-state index in [0.717, 1.165) is 11.2 Å². The standard InChI is InChI=1S/C29H51BO11/c1-28(2)29(3,4)41-30(40-28)26-6-8-27(9-7-26)39-25-24-38-23-22-37-21-20-36-19-18-35-17-16-34-15-14-33-13-12-32-11-10-31-5/h6-9H,10-25H2,1-5H3. The molecular weight excluding hydrogens is 535 g/mol. The Balaban J connectivity index is 1.29. The summed E-state index contributed by atoms with van der Waals surface area (Å²) in [4.78, 5) is 0. The average Bonchev–Trinajstić information content (AvgIpc) is 3.17. The first-order valence-electron chi connectivity index (χ1n) is 14.5. The maximum atomic E-state index is 6.08. The van der Waals surface area contributed by atoms with Crippen LogP contribution >= 0.6 is 0 Å². The van der Waals surface area contributed by atoms with E-state index in [1.807, 2.05) is 52.0 Å². The maximum absolute atomic E-state index is 6.08. The molecule has 0 saturated carbocycles. The van der Waals surface area contributed by atoms with E-state index in [9.17, 15) is 0 Å². The van der Waals surface area contributed by atoms with Crippen LogP contribution in [0.2, 0.25) is 0 Å². The van der Waals surface area contributed by atoms with Gasteiger partial charge in [0.2, 0.25) is 0 Å². The van der Waals surface area contributed by atoms with Crippen molar-refractivity contribution >= 4 is 12.6 Å². The Morgan fingerprint density at radius 3 is 1.15 bits per heavy atom. The summed E-state index contributed by atoms with van der Waals surface area (Å²) in [5.41, 5.74) is 0.259. The molecule has 11 nitrogen and oxygen atoms in total. The third-order valence-electron chi connectivity index (χ3n) is 6.57. The molecule has 12 heteroatoms. The Morgan fingerprint density at radius 1 is 0.488 bits per heavy atom. The second-order valence-corrected chi connectivity index (χ2v) is 10.3. The number of hydrogen-bond donors (Lipinski definition) is 0. The molecule has 1 aromatic rings. The summed E-state index contributed by atoms with van der Waals surface area (Å²) in [6.07, 6.45) is 0. The van der Waals surface area contributed by atoms with Gasteiger partial charge in [0.25, 0.3) is 0 Å². The van der Waals surface area contributed by atoms with E-state index in [-0.39, 0.29) is 18.3 Å². The Bertz CT molecular complexity index is 748. The third-order valence-corrected chi connectivity index (χ3v) is 6.57. The highest BCUT2D eigenvalue weighted by Gasteiger charge is 2.51. The van der Waals surface area contributed by atoms with Gasteiger partial charge in [-0.25, -0.2) is 0 Å². The largest absolute Gasteiger partial charge is 0.494 e. The zero-order valence-corrected chi connectivity index (χ0v) is 25.7. The zero-order valence-electron chi connectivity index (χ0n) is 25.7. The number of rotatable bonds is 26. The average molecular weight is 587 g/mol. The molecule has 2 rings (SSSR count). The summed E-state index contributed by atoms with van der Waals surface area (Å²) < 4.78 is 61.0. The van der Waals surface area contributed by atoms with Gasteiger partial charge in [-0.2, -0.15) is 0 Å². The molecule has 0 amide bonds. The first kappa shape index (κ1) is 35.9. The molecule has 236 valence electrons. The summed E-state index contributed by atoms with van der Waals surface area (Å²) >= 11 is 0. The molecule has 1 heterocycles. The summed E-state index contributed by atoms with van der Waals surface area (Å²) in [6, 6.07) is 7.78. The van der Waals surface area contributed by atoms with Crippen LogP contribution in [0.4, 0.5) is 0 Å². The summed E-state index contributed by atoms with van der Waals surface area (Å²) in [7, 11) is 1.27. The van der Waals surface area contributed by atoms with Gasteiger partial charge in [0.15, 0.2) is 0 Å². The Labute approximate surface area is 246 Å². The van der Waals surface area contributed by atoms with Crippen molar-refractivity contribution in [2.24, 2.45) is 0 Å². The van der Waals surface area contributed by atoms with Crippen molar-refractivity contribution in [3.8, 4) is 5.75 Å². The minimum atomic E-state index is -0.374. The van der Waals surface area contributed by atoms with E-state index < -0.39 is 0 Å². The van der Waals surface area contributed by atoms with Crippen molar-refractivity contribution in [1.29, 1.82) is 0 Å². The van der Waals surface area contributed by atoms with E-state index in [0.29, 0.717) is 106 Å². The van der Waals surface area contributed by atoms with Crippen LogP contribution in [0.15, 0.2) is 24.3 Å². The molecule has 0 atom stereocenters. The molecule has 1 aliphatic rings. The minimum absolute atomic E-state index is 0.357. The van der Waals surface area contributed by atoms with Gasteiger partial charge in [-0.05, 0) is 45.3 Å². The van der Waals surface area contributed by atoms with Gasteiger partial charge in [0.05, 0.1) is 110 Å². The fourth-order valence-electron chi connectivity index (χ4n) is 3.48. The first-order valence-corrected chi connectivity index (χ1v) is 14.5. The molecule has 1 aliphatic heterocycles. The first-order chi connectivity index (χ1) is 19.9. The SMILES string of the molecule is COCCOCCOCCOCCOCCOCCOCCOCCOc1ccc(B2OC(C)(C)C(C)(C)O2)cc1. The summed E-state index contributed by atoms with van der Waals surface area (Å²) in [5.74, 6) is 0.778. The normalized spacial score (nSPS) is 16.0. The highest BCUT2D eigenvalue weighted by Crippen LogP contribution is 2.36. The molecule has 1 aromatic carbocycles. The fraction of sp³-hybridized carbons (Fsp3) is 0.793. The molecule has 0 aromatic heterocycles. The van der Waals surface area contributed by atoms with Gasteiger partial charge in [0.1, 0.15) is 12.4 Å². The predicted octanol–water partition coefficient (Wildman–Crippen LogP) is 2.13. The van der Waals surface area contributed by atoms with Gasteiger partial charge in [0, 0.05) is 7.11 Å². The quantitative estimate of drug-likeness (QED) is 0.118. The number of benzene rings is 1. The molecule has 0 bridgehead atoms. The smallest absolute Gasteiger partial charge is 0.491 e. The number of methoxy groups -OCH3 is 1. The van der Waals surface area contributed by atoms with E-state index in [2.05, 4.69) is 0 Å². The Kier molecular flexibility index (Phi) is 18.7. The second kappa shape index (κ2) is 21.4. The van der Waals surface area contributed by atoms with E-state index in [4.69, 9.17) is 51.9 Å². The monoisotopic (exact) mass is 586 g/mol. The highest BCUT2D eigenvalue weighted by atomic mass is 16.7. The van der Waals surface area contributed by atoms with Gasteiger partial charge in [-0.15, -0.1) is 0 Å². The lowest BCUT2D eigenvalue weighted by Gasteiger charge is -2.32. The summed E-state index contributed by atoms with van der Waals surface area (Å²) in [6.45, 7) is 16.6. The molecule has 0 N–H and O–H groups in total. The van der Waals surface area contributed by atoms with E-state index >= 15 is 0 Å². The number of ether oxygens (including phenoxy) is 9. The van der Waals surface area contributed by atoms with Crippen molar-refractivity contribution in [3.63, 3.8) is 0 Å². The predicted molar refractivity (Wildman–Crippen MR) is 155 cm³/mol. The van der Waals surface area contributed by atoms with Crippen LogP contribution in [0.5, 0.6) is 5.75 Å². The molecule has 41 heavy (non-hydrogen) atoms. The van der Waals surface area contributed by atoms with Gasteiger partial charge < -0.3 is 51.9 Å².